The largest absolute Gasteiger partial charge is 0.341 e. The van der Waals surface area contributed by atoms with E-state index in [9.17, 15) is 0 Å². The van der Waals surface area contributed by atoms with Crippen molar-refractivity contribution in [3.05, 3.63) is 29.6 Å². The second-order valence-electron chi connectivity index (χ2n) is 4.17. The first-order chi connectivity index (χ1) is 7.84. The molecule has 1 fully saturated rings. The Bertz CT molecular complexity index is 500. The second kappa shape index (κ2) is 4.11. The third-order valence-electron chi connectivity index (χ3n) is 2.98. The Morgan fingerprint density at radius 1 is 1.44 bits per heavy atom. The van der Waals surface area contributed by atoms with E-state index < -0.39 is 0 Å². The Hall–Kier alpha value is -1.00. The van der Waals surface area contributed by atoms with Gasteiger partial charge in [-0.25, -0.2) is 4.98 Å². The molecule has 0 spiro atoms. The van der Waals surface area contributed by atoms with E-state index >= 15 is 0 Å². The van der Waals surface area contributed by atoms with Crippen LogP contribution in [0.1, 0.15) is 17.4 Å². The van der Waals surface area contributed by atoms with E-state index in [1.165, 1.54) is 11.3 Å². The topological polar surface area (TPSA) is 40.7 Å². The maximum Gasteiger partial charge on any atom is 0.125 e. The van der Waals surface area contributed by atoms with Gasteiger partial charge in [0, 0.05) is 18.1 Å². The van der Waals surface area contributed by atoms with Crippen LogP contribution in [0.5, 0.6) is 0 Å². The molecule has 16 heavy (non-hydrogen) atoms. The minimum atomic E-state index is 0.380. The second-order valence-corrected chi connectivity index (χ2v) is 5.32. The number of hydrogen-bond donors (Lipinski definition) is 2. The number of aromatic nitrogens is 2. The minimum absolute atomic E-state index is 0.380. The summed E-state index contributed by atoms with van der Waals surface area (Å²) in [5.41, 5.74) is 3.49. The Labute approximate surface area is 99.0 Å². The van der Waals surface area contributed by atoms with Gasteiger partial charge in [-0.15, -0.1) is 0 Å². The fraction of sp³-hybridized carbons (Fsp3) is 0.417. The van der Waals surface area contributed by atoms with Crippen LogP contribution in [0.15, 0.2) is 18.2 Å². The van der Waals surface area contributed by atoms with E-state index in [2.05, 4.69) is 35.4 Å². The van der Waals surface area contributed by atoms with Crippen LogP contribution in [-0.2, 0) is 0 Å². The Balaban J connectivity index is 2.01. The van der Waals surface area contributed by atoms with Crippen LogP contribution in [-0.4, -0.2) is 28.0 Å². The van der Waals surface area contributed by atoms with Crippen molar-refractivity contribution in [3.8, 4) is 0 Å². The zero-order chi connectivity index (χ0) is 11.0. The zero-order valence-electron chi connectivity index (χ0n) is 9.29. The highest BCUT2D eigenvalue weighted by atomic mass is 32.2. The fourth-order valence-electron chi connectivity index (χ4n) is 2.10. The lowest BCUT2D eigenvalue weighted by Crippen LogP contribution is -2.30. The van der Waals surface area contributed by atoms with Gasteiger partial charge < -0.3 is 10.3 Å². The van der Waals surface area contributed by atoms with Crippen LogP contribution in [0.3, 0.4) is 0 Å². The number of rotatable bonds is 1. The van der Waals surface area contributed by atoms with Crippen LogP contribution in [0.25, 0.3) is 11.0 Å². The maximum absolute atomic E-state index is 4.70. The van der Waals surface area contributed by atoms with E-state index in [0.717, 1.165) is 29.2 Å². The molecule has 84 valence electrons. The summed E-state index contributed by atoms with van der Waals surface area (Å²) in [6, 6.07) is 6.65. The molecule has 0 saturated carbocycles. The average Bonchev–Trinajstić information content (AvgIpc) is 2.76. The first kappa shape index (κ1) is 10.2. The number of imidazole rings is 1. The van der Waals surface area contributed by atoms with Gasteiger partial charge in [-0.1, -0.05) is 12.1 Å². The molecule has 0 radical (unpaired) electrons. The fourth-order valence-corrected chi connectivity index (χ4v) is 3.04. The number of aromatic amines is 1. The molecular formula is C12H15N3S. The molecule has 2 aromatic rings. The normalized spacial score (nSPS) is 21.4. The van der Waals surface area contributed by atoms with E-state index in [1.807, 2.05) is 11.8 Å². The zero-order valence-corrected chi connectivity index (χ0v) is 10.1. The molecule has 1 aromatic heterocycles. The van der Waals surface area contributed by atoms with Gasteiger partial charge in [0.15, 0.2) is 0 Å². The number of fused-ring (bicyclic) bond motifs is 1. The number of nitrogens with one attached hydrogen (secondary N) is 2. The summed E-state index contributed by atoms with van der Waals surface area (Å²) in [6.07, 6.45) is 0. The van der Waals surface area contributed by atoms with E-state index in [4.69, 9.17) is 4.98 Å². The van der Waals surface area contributed by atoms with Gasteiger partial charge in [-0.2, -0.15) is 11.8 Å². The van der Waals surface area contributed by atoms with E-state index in [1.54, 1.807) is 0 Å². The maximum atomic E-state index is 4.70. The molecule has 1 aliphatic heterocycles. The summed E-state index contributed by atoms with van der Waals surface area (Å²) in [6.45, 7) is 3.18. The molecule has 1 atom stereocenters. The molecule has 2 heterocycles. The molecule has 3 rings (SSSR count). The minimum Gasteiger partial charge on any atom is -0.341 e. The number of hydrogen-bond acceptors (Lipinski definition) is 3. The summed E-state index contributed by atoms with van der Waals surface area (Å²) in [4.78, 5) is 8.12. The van der Waals surface area contributed by atoms with Gasteiger partial charge in [-0.3, -0.25) is 0 Å². The number of benzene rings is 1. The van der Waals surface area contributed by atoms with Gasteiger partial charge in [0.1, 0.15) is 5.82 Å². The lowest BCUT2D eigenvalue weighted by molar-refractivity contribution is 0.571. The van der Waals surface area contributed by atoms with E-state index in [0.29, 0.717) is 6.04 Å². The number of para-hydroxylation sites is 1. The molecule has 2 N–H and O–H groups in total. The molecular weight excluding hydrogens is 218 g/mol. The molecule has 0 bridgehead atoms. The van der Waals surface area contributed by atoms with Crippen LogP contribution in [0.2, 0.25) is 0 Å². The van der Waals surface area contributed by atoms with Crippen LogP contribution in [0.4, 0.5) is 0 Å². The summed E-state index contributed by atoms with van der Waals surface area (Å²) in [5, 5.41) is 3.50. The number of thioether (sulfide) groups is 1. The Kier molecular flexibility index (Phi) is 2.61. The van der Waals surface area contributed by atoms with Crippen LogP contribution in [0, 0.1) is 6.92 Å². The van der Waals surface area contributed by atoms with Gasteiger partial charge in [-0.05, 0) is 18.6 Å². The third-order valence-corrected chi connectivity index (χ3v) is 4.05. The highest BCUT2D eigenvalue weighted by Gasteiger charge is 2.18. The first-order valence-corrected chi connectivity index (χ1v) is 6.76. The molecule has 1 unspecified atom stereocenters. The van der Waals surface area contributed by atoms with Crippen molar-refractivity contribution in [3.63, 3.8) is 0 Å². The van der Waals surface area contributed by atoms with Crippen molar-refractivity contribution < 1.29 is 0 Å². The molecule has 0 aliphatic carbocycles. The van der Waals surface area contributed by atoms with Crippen molar-refractivity contribution in [1.82, 2.24) is 15.3 Å². The molecule has 3 nitrogen and oxygen atoms in total. The SMILES string of the molecule is Cc1cccc2[nH]c(C3CSCCN3)nc12. The number of nitrogens with zero attached hydrogens (tertiary/aromatic N) is 1. The van der Waals surface area contributed by atoms with Crippen molar-refractivity contribution >= 4 is 22.8 Å². The molecule has 1 aromatic carbocycles. The van der Waals surface area contributed by atoms with Gasteiger partial charge in [0.25, 0.3) is 0 Å². The summed E-state index contributed by atoms with van der Waals surface area (Å²) in [7, 11) is 0. The molecule has 4 heteroatoms. The Morgan fingerprint density at radius 3 is 3.12 bits per heavy atom. The van der Waals surface area contributed by atoms with Crippen LogP contribution < -0.4 is 5.32 Å². The molecule has 1 aliphatic rings. The van der Waals surface area contributed by atoms with Gasteiger partial charge >= 0.3 is 0 Å². The van der Waals surface area contributed by atoms with Gasteiger partial charge in [0.05, 0.1) is 17.1 Å². The lowest BCUT2D eigenvalue weighted by Gasteiger charge is -2.20. The summed E-state index contributed by atoms with van der Waals surface area (Å²) >= 11 is 1.99. The highest BCUT2D eigenvalue weighted by molar-refractivity contribution is 7.99. The predicted molar refractivity (Wildman–Crippen MR) is 68.9 cm³/mol. The third kappa shape index (κ3) is 1.72. The molecule has 1 saturated heterocycles. The molecule has 0 amide bonds. The van der Waals surface area contributed by atoms with Crippen molar-refractivity contribution in [2.45, 2.75) is 13.0 Å². The van der Waals surface area contributed by atoms with E-state index in [-0.39, 0.29) is 0 Å². The number of aryl methyl sites for hydroxylation is 1. The highest BCUT2D eigenvalue weighted by Crippen LogP contribution is 2.23. The predicted octanol–water partition coefficient (Wildman–Crippen LogP) is 2.25. The van der Waals surface area contributed by atoms with Crippen molar-refractivity contribution in [2.24, 2.45) is 0 Å². The summed E-state index contributed by atoms with van der Waals surface area (Å²) in [5.74, 6) is 3.39. The van der Waals surface area contributed by atoms with Gasteiger partial charge in [0.2, 0.25) is 0 Å². The Morgan fingerprint density at radius 2 is 2.38 bits per heavy atom. The van der Waals surface area contributed by atoms with Crippen molar-refractivity contribution in [2.75, 3.05) is 18.1 Å². The lowest BCUT2D eigenvalue weighted by atomic mass is 10.2. The van der Waals surface area contributed by atoms with Crippen molar-refractivity contribution in [1.29, 1.82) is 0 Å². The smallest absolute Gasteiger partial charge is 0.125 e. The monoisotopic (exact) mass is 233 g/mol. The summed E-state index contributed by atoms with van der Waals surface area (Å²) < 4.78 is 0. The quantitative estimate of drug-likeness (QED) is 0.793. The first-order valence-electron chi connectivity index (χ1n) is 5.61. The average molecular weight is 233 g/mol. The number of H-pyrrole nitrogens is 1. The van der Waals surface area contributed by atoms with Crippen LogP contribution >= 0.6 is 11.8 Å². The standard InChI is InChI=1S/C12H15N3S/c1-8-3-2-4-9-11(8)15-12(14-9)10-7-16-6-5-13-10/h2-4,10,13H,5-7H2,1H3,(H,14,15).